The van der Waals surface area contributed by atoms with Gasteiger partial charge in [0.25, 0.3) is 0 Å². The van der Waals surface area contributed by atoms with Gasteiger partial charge < -0.3 is 0 Å². The van der Waals surface area contributed by atoms with E-state index in [1.165, 1.54) is 6.33 Å². The molecule has 3 nitrogen and oxygen atoms in total. The largest absolute Gasteiger partial charge is 0.339 e. The Morgan fingerprint density at radius 2 is 1.45 bits per heavy atom. The van der Waals surface area contributed by atoms with E-state index in [4.69, 9.17) is 0 Å². The first-order valence-corrected chi connectivity index (χ1v) is 6.81. The van der Waals surface area contributed by atoms with E-state index in [0.29, 0.717) is 0 Å². The van der Waals surface area contributed by atoms with Gasteiger partial charge in [-0.05, 0) is 39.8 Å². The number of halogens is 3. The van der Waals surface area contributed by atoms with E-state index in [-0.39, 0.29) is 0 Å². The Bertz CT molecular complexity index is 191. The van der Waals surface area contributed by atoms with Crippen LogP contribution in [0.4, 0.5) is 0 Å². The lowest BCUT2D eigenvalue weighted by molar-refractivity contribution is 0.600. The average molecular weight is 233 g/mol. The number of rotatable bonds is 0. The van der Waals surface area contributed by atoms with E-state index in [2.05, 4.69) is 43.7 Å². The summed E-state index contributed by atoms with van der Waals surface area (Å²) >= 11 is 13.8. The van der Waals surface area contributed by atoms with Crippen molar-refractivity contribution in [2.24, 2.45) is 0 Å². The molecule has 0 atom stereocenters. The van der Waals surface area contributed by atoms with Crippen LogP contribution in [-0.2, 0) is 4.57 Å². The van der Waals surface area contributed by atoms with Crippen LogP contribution in [0.3, 0.4) is 0 Å². The second-order valence-electron chi connectivity index (χ2n) is 1.30. The van der Waals surface area contributed by atoms with Gasteiger partial charge in [-0.1, -0.05) is 0 Å². The maximum absolute atomic E-state index is 9.51. The molecule has 0 unspecified atom stereocenters. The summed E-state index contributed by atoms with van der Waals surface area (Å²) in [6.07, 6.45) is 4.88. The van der Waals surface area contributed by atoms with Crippen molar-refractivity contribution in [1.82, 2.24) is 9.97 Å². The molecule has 1 heterocycles. The van der Waals surface area contributed by atoms with Crippen molar-refractivity contribution in [1.29, 1.82) is 0 Å². The van der Waals surface area contributed by atoms with Crippen molar-refractivity contribution in [3.8, 4) is 0 Å². The summed E-state index contributed by atoms with van der Waals surface area (Å²) in [5.74, 6) is 0. The third-order valence-electron chi connectivity index (χ3n) is 0.478. The highest BCUT2D eigenvalue weighted by molar-refractivity contribution is 8.24. The maximum Gasteiger partial charge on any atom is 0.339 e. The van der Waals surface area contributed by atoms with Crippen LogP contribution in [0.2, 0.25) is 0 Å². The minimum absolute atomic E-state index is 1.50. The molecule has 7 heteroatoms. The van der Waals surface area contributed by atoms with Gasteiger partial charge in [0, 0.05) is 12.4 Å². The van der Waals surface area contributed by atoms with Crippen LogP contribution in [0.5, 0.6) is 0 Å². The molecule has 11 heavy (non-hydrogen) atoms. The van der Waals surface area contributed by atoms with Crippen molar-refractivity contribution in [3.05, 3.63) is 24.8 Å². The van der Waals surface area contributed by atoms with Crippen LogP contribution in [0.25, 0.3) is 0 Å². The fourth-order valence-corrected chi connectivity index (χ4v) is 0.253. The zero-order valence-corrected chi connectivity index (χ0v) is 8.36. The van der Waals surface area contributed by atoms with Crippen molar-refractivity contribution < 1.29 is 4.57 Å². The standard InChI is InChI=1S/C4H4N2.Cl3OP/c1-2-5-4-6-3-1;1-5(2,3)4/h1-4H;. The van der Waals surface area contributed by atoms with E-state index in [1.807, 2.05) is 0 Å². The SMILES string of the molecule is O=P(Cl)(Cl)Cl.c1cncnc1. The molecular weight excluding hydrogens is 229 g/mol. The molecule has 0 N–H and O–H groups in total. The highest BCUT2D eigenvalue weighted by Gasteiger charge is 2.02. The summed E-state index contributed by atoms with van der Waals surface area (Å²) in [5, 5.41) is -3.22. The Morgan fingerprint density at radius 3 is 1.55 bits per heavy atom. The number of nitrogens with zero attached hydrogens (tertiary/aromatic N) is 2. The zero-order valence-electron chi connectivity index (χ0n) is 5.19. The van der Waals surface area contributed by atoms with Gasteiger partial charge >= 0.3 is 5.20 Å². The third kappa shape index (κ3) is 17.8. The van der Waals surface area contributed by atoms with Gasteiger partial charge in [0.05, 0.1) is 0 Å². The molecule has 0 aliphatic carbocycles. The molecule has 0 spiro atoms. The van der Waals surface area contributed by atoms with E-state index in [9.17, 15) is 4.57 Å². The molecular formula is C4H4Cl3N2OP. The van der Waals surface area contributed by atoms with Gasteiger partial charge in [0.1, 0.15) is 6.33 Å². The smallest absolute Gasteiger partial charge is 0.271 e. The Kier molecular flexibility index (Phi) is 5.88. The summed E-state index contributed by atoms with van der Waals surface area (Å²) in [4.78, 5) is 7.35. The van der Waals surface area contributed by atoms with Crippen LogP contribution < -0.4 is 0 Å². The number of hydrogen-bond acceptors (Lipinski definition) is 3. The molecule has 0 radical (unpaired) electrons. The third-order valence-corrected chi connectivity index (χ3v) is 0.478. The summed E-state index contributed by atoms with van der Waals surface area (Å²) in [6, 6.07) is 1.78. The first-order chi connectivity index (χ1) is 5.00. The highest BCUT2D eigenvalue weighted by Crippen LogP contribution is 2.61. The molecule has 1 rings (SSSR count). The van der Waals surface area contributed by atoms with Crippen LogP contribution in [-0.4, -0.2) is 9.97 Å². The lowest BCUT2D eigenvalue weighted by Gasteiger charge is -1.74. The van der Waals surface area contributed by atoms with Gasteiger partial charge in [0.15, 0.2) is 0 Å². The molecule has 0 aliphatic rings. The van der Waals surface area contributed by atoms with Gasteiger partial charge in [0.2, 0.25) is 0 Å². The maximum atomic E-state index is 9.51. The average Bonchev–Trinajstić information content (AvgIpc) is 1.88. The molecule has 0 saturated carbocycles. The predicted octanol–water partition coefficient (Wildman–Crippen LogP) is 3.29. The van der Waals surface area contributed by atoms with Crippen LogP contribution in [0.1, 0.15) is 0 Å². The van der Waals surface area contributed by atoms with Crippen molar-refractivity contribution in [3.63, 3.8) is 0 Å². The topological polar surface area (TPSA) is 42.9 Å². The Balaban J connectivity index is 0.000000187. The van der Waals surface area contributed by atoms with Gasteiger partial charge in [-0.25, -0.2) is 9.97 Å². The molecule has 0 aliphatic heterocycles. The van der Waals surface area contributed by atoms with Crippen molar-refractivity contribution >= 4 is 38.9 Å². The minimum atomic E-state index is -3.22. The minimum Gasteiger partial charge on any atom is -0.271 e. The second-order valence-corrected chi connectivity index (χ2v) is 7.94. The second kappa shape index (κ2) is 5.78. The lowest BCUT2D eigenvalue weighted by atomic mass is 10.7. The fourth-order valence-electron chi connectivity index (χ4n) is 0.253. The molecule has 1 aromatic rings. The molecule has 0 saturated heterocycles. The lowest BCUT2D eigenvalue weighted by Crippen LogP contribution is -1.66. The summed E-state index contributed by atoms with van der Waals surface area (Å²) in [6.45, 7) is 0. The highest BCUT2D eigenvalue weighted by atomic mass is 36.0. The first kappa shape index (κ1) is 11.2. The monoisotopic (exact) mass is 232 g/mol. The van der Waals surface area contributed by atoms with E-state index < -0.39 is 5.20 Å². The summed E-state index contributed by atoms with van der Waals surface area (Å²) in [7, 11) is 0. The van der Waals surface area contributed by atoms with Gasteiger partial charge in [-0.2, -0.15) is 0 Å². The quantitative estimate of drug-likeness (QED) is 0.646. The molecule has 0 amide bonds. The number of aromatic nitrogens is 2. The van der Waals surface area contributed by atoms with Crippen molar-refractivity contribution in [2.45, 2.75) is 0 Å². The zero-order chi connectivity index (χ0) is 8.74. The predicted molar refractivity (Wildman–Crippen MR) is 47.2 cm³/mol. The molecule has 0 aromatic carbocycles. The van der Waals surface area contributed by atoms with Crippen LogP contribution in [0, 0.1) is 0 Å². The normalized spacial score (nSPS) is 9.73. The Morgan fingerprint density at radius 1 is 1.09 bits per heavy atom. The summed E-state index contributed by atoms with van der Waals surface area (Å²) in [5.41, 5.74) is 0. The Hall–Kier alpha value is 0.180. The first-order valence-electron chi connectivity index (χ1n) is 2.39. The van der Waals surface area contributed by atoms with Crippen LogP contribution >= 0.6 is 38.9 Å². The fraction of sp³-hybridized carbons (Fsp3) is 0. The van der Waals surface area contributed by atoms with E-state index in [0.717, 1.165) is 0 Å². The molecule has 0 fully saturated rings. The molecule has 1 aromatic heterocycles. The van der Waals surface area contributed by atoms with Crippen LogP contribution in [0.15, 0.2) is 24.8 Å². The molecule has 62 valence electrons. The van der Waals surface area contributed by atoms with E-state index >= 15 is 0 Å². The molecule has 0 bridgehead atoms. The van der Waals surface area contributed by atoms with Gasteiger partial charge in [-0.15, -0.1) is 0 Å². The van der Waals surface area contributed by atoms with E-state index in [1.54, 1.807) is 18.5 Å². The van der Waals surface area contributed by atoms with Crippen molar-refractivity contribution in [2.75, 3.05) is 0 Å². The summed E-state index contributed by atoms with van der Waals surface area (Å²) < 4.78 is 9.51. The number of hydrogen-bond donors (Lipinski definition) is 0. The van der Waals surface area contributed by atoms with Gasteiger partial charge in [-0.3, -0.25) is 4.57 Å². The Labute approximate surface area is 78.5 Å².